The Hall–Kier alpha value is -1.98. The van der Waals surface area contributed by atoms with Gasteiger partial charge >= 0.3 is 0 Å². The highest BCUT2D eigenvalue weighted by molar-refractivity contribution is 7.92. The molecule has 0 bridgehead atoms. The van der Waals surface area contributed by atoms with Crippen LogP contribution >= 0.6 is 23.2 Å². The number of hydrogen-bond acceptors (Lipinski definition) is 6. The van der Waals surface area contributed by atoms with Crippen LogP contribution in [0.15, 0.2) is 46.5 Å². The third kappa shape index (κ3) is 6.54. The number of nitrogens with one attached hydrogen (secondary N) is 3. The fraction of sp³-hybridized carbons (Fsp3) is 0.381. The van der Waals surface area contributed by atoms with E-state index in [1.807, 2.05) is 20.2 Å². The molecule has 1 aliphatic rings. The number of halogens is 4. The van der Waals surface area contributed by atoms with Gasteiger partial charge in [0, 0.05) is 30.2 Å². The molecule has 0 saturated carbocycles. The number of allylic oxidation sites excluding steroid dienone is 1. The summed E-state index contributed by atoms with van der Waals surface area (Å²) in [6, 6.07) is 4.09. The molecule has 1 aromatic heterocycles. The van der Waals surface area contributed by atoms with Crippen molar-refractivity contribution < 1.29 is 17.2 Å². The molecule has 1 aliphatic carbocycles. The Balaban J connectivity index is 1.82. The first-order valence-electron chi connectivity index (χ1n) is 10.2. The van der Waals surface area contributed by atoms with E-state index in [9.17, 15) is 17.2 Å². The average Bonchev–Trinajstić information content (AvgIpc) is 2.76. The van der Waals surface area contributed by atoms with Crippen LogP contribution in [0.25, 0.3) is 0 Å². The third-order valence-electron chi connectivity index (χ3n) is 5.30. The summed E-state index contributed by atoms with van der Waals surface area (Å²) < 4.78 is 55.3. The molecule has 3 N–H and O–H groups in total. The Morgan fingerprint density at radius 2 is 2.00 bits per heavy atom. The van der Waals surface area contributed by atoms with Gasteiger partial charge in [-0.3, -0.25) is 9.62 Å². The Morgan fingerprint density at radius 1 is 1.24 bits per heavy atom. The summed E-state index contributed by atoms with van der Waals surface area (Å²) in [5.74, 6) is -1.76. The smallest absolute Gasteiger partial charge is 0.266 e. The number of likely N-dealkylation sites (N-methyl/N-ethyl adjacent to an activating group) is 2. The molecule has 0 radical (unpaired) electrons. The lowest BCUT2D eigenvalue weighted by Gasteiger charge is -2.37. The zero-order chi connectivity index (χ0) is 24.2. The molecule has 1 aromatic carbocycles. The molecule has 3 rings (SSSR count). The Kier molecular flexibility index (Phi) is 8.52. The molecule has 0 aliphatic heterocycles. The SMILES string of the molecule is CNCCN(C)C1C=C(Cl)CCC1Nc1cc(F)c(S(=O)(=O)Nc2ccc(F)cn2)cc1Cl. The molecule has 180 valence electrons. The number of pyridine rings is 1. The summed E-state index contributed by atoms with van der Waals surface area (Å²) in [6.45, 7) is 1.55. The zero-order valence-corrected chi connectivity index (χ0v) is 20.4. The Morgan fingerprint density at radius 3 is 2.67 bits per heavy atom. The van der Waals surface area contributed by atoms with Crippen LogP contribution in [0.4, 0.5) is 20.3 Å². The molecule has 0 fully saturated rings. The molecule has 1 heterocycles. The van der Waals surface area contributed by atoms with Gasteiger partial charge in [0.1, 0.15) is 22.3 Å². The van der Waals surface area contributed by atoms with E-state index in [2.05, 4.69) is 25.2 Å². The van der Waals surface area contributed by atoms with E-state index in [4.69, 9.17) is 23.2 Å². The molecule has 2 unspecified atom stereocenters. The molecule has 2 aromatic rings. The van der Waals surface area contributed by atoms with Crippen LogP contribution in [0.2, 0.25) is 5.02 Å². The quantitative estimate of drug-likeness (QED) is 0.463. The van der Waals surface area contributed by atoms with Crippen molar-refractivity contribution in [1.82, 2.24) is 15.2 Å². The van der Waals surface area contributed by atoms with Gasteiger partial charge in [-0.1, -0.05) is 29.3 Å². The summed E-state index contributed by atoms with van der Waals surface area (Å²) in [5.41, 5.74) is 0.275. The molecule has 0 saturated heterocycles. The molecule has 0 amide bonds. The van der Waals surface area contributed by atoms with E-state index in [0.717, 1.165) is 48.6 Å². The first-order valence-corrected chi connectivity index (χ1v) is 12.5. The second-order valence-corrected chi connectivity index (χ2v) is 10.3. The fourth-order valence-corrected chi connectivity index (χ4v) is 5.17. The van der Waals surface area contributed by atoms with Crippen LogP contribution < -0.4 is 15.4 Å². The van der Waals surface area contributed by atoms with Crippen molar-refractivity contribution in [2.45, 2.75) is 29.8 Å². The fourth-order valence-electron chi connectivity index (χ4n) is 3.55. The minimum Gasteiger partial charge on any atom is -0.379 e. The van der Waals surface area contributed by atoms with E-state index >= 15 is 0 Å². The van der Waals surface area contributed by atoms with Crippen LogP contribution in [0.5, 0.6) is 0 Å². The van der Waals surface area contributed by atoms with Crippen LogP contribution in [0, 0.1) is 11.6 Å². The van der Waals surface area contributed by atoms with Gasteiger partial charge in [-0.05, 0) is 51.2 Å². The van der Waals surface area contributed by atoms with Gasteiger partial charge in [-0.15, -0.1) is 0 Å². The van der Waals surface area contributed by atoms with Gasteiger partial charge in [0.2, 0.25) is 0 Å². The average molecular weight is 520 g/mol. The number of anilines is 2. The summed E-state index contributed by atoms with van der Waals surface area (Å²) >= 11 is 12.6. The van der Waals surface area contributed by atoms with E-state index in [1.54, 1.807) is 0 Å². The molecule has 0 spiro atoms. The van der Waals surface area contributed by atoms with E-state index in [0.29, 0.717) is 12.8 Å². The molecular weight excluding hydrogens is 495 g/mol. The molecule has 12 heteroatoms. The first-order chi connectivity index (χ1) is 15.6. The van der Waals surface area contributed by atoms with Crippen molar-refractivity contribution >= 4 is 44.7 Å². The number of aromatic nitrogens is 1. The monoisotopic (exact) mass is 519 g/mol. The van der Waals surface area contributed by atoms with Crippen LogP contribution in [-0.2, 0) is 10.0 Å². The van der Waals surface area contributed by atoms with Crippen molar-refractivity contribution in [2.75, 3.05) is 37.2 Å². The Bertz CT molecular complexity index is 1120. The number of hydrogen-bond donors (Lipinski definition) is 3. The number of nitrogens with zero attached hydrogens (tertiary/aromatic N) is 2. The van der Waals surface area contributed by atoms with E-state index < -0.39 is 26.6 Å². The maximum Gasteiger partial charge on any atom is 0.266 e. The minimum absolute atomic E-state index is 0.0427. The van der Waals surface area contributed by atoms with Crippen LogP contribution in [0.3, 0.4) is 0 Å². The lowest BCUT2D eigenvalue weighted by atomic mass is 9.95. The minimum atomic E-state index is -4.34. The van der Waals surface area contributed by atoms with Crippen molar-refractivity contribution in [3.05, 3.63) is 58.2 Å². The summed E-state index contributed by atoms with van der Waals surface area (Å²) in [5, 5.41) is 7.14. The number of rotatable bonds is 9. The van der Waals surface area contributed by atoms with Gasteiger partial charge in [0.05, 0.1) is 16.9 Å². The van der Waals surface area contributed by atoms with Crippen molar-refractivity contribution in [3.8, 4) is 0 Å². The summed E-state index contributed by atoms with van der Waals surface area (Å²) in [4.78, 5) is 5.11. The second kappa shape index (κ2) is 11.0. The first kappa shape index (κ1) is 25.6. The summed E-state index contributed by atoms with van der Waals surface area (Å²) in [7, 11) is -0.500. The normalized spacial score (nSPS) is 18.8. The highest BCUT2D eigenvalue weighted by atomic mass is 35.5. The molecular formula is C21H25Cl2F2N5O2S. The standard InChI is InChI=1S/C21H25Cl2F2N5O2S/c1-26-7-8-30(2)19-9-13(22)3-5-17(19)28-18-11-16(25)20(10-15(18)23)33(31,32)29-21-6-4-14(24)12-27-21/h4,6,9-12,17,19,26,28H,3,5,7-8H2,1-2H3,(H,27,29). The van der Waals surface area contributed by atoms with Gasteiger partial charge in [-0.25, -0.2) is 22.2 Å². The van der Waals surface area contributed by atoms with Crippen LogP contribution in [-0.4, -0.2) is 57.6 Å². The van der Waals surface area contributed by atoms with Crippen LogP contribution in [0.1, 0.15) is 12.8 Å². The van der Waals surface area contributed by atoms with E-state index in [-0.39, 0.29) is 28.6 Å². The maximum atomic E-state index is 14.9. The van der Waals surface area contributed by atoms with Gasteiger partial charge < -0.3 is 10.6 Å². The highest BCUT2D eigenvalue weighted by Crippen LogP contribution is 2.33. The predicted octanol–water partition coefficient (Wildman–Crippen LogP) is 4.03. The topological polar surface area (TPSA) is 86.4 Å². The van der Waals surface area contributed by atoms with E-state index in [1.165, 1.54) is 0 Å². The molecule has 2 atom stereocenters. The van der Waals surface area contributed by atoms with Crippen molar-refractivity contribution in [2.24, 2.45) is 0 Å². The predicted molar refractivity (Wildman–Crippen MR) is 127 cm³/mol. The summed E-state index contributed by atoms with van der Waals surface area (Å²) in [6.07, 6.45) is 4.17. The van der Waals surface area contributed by atoms with Gasteiger partial charge in [0.15, 0.2) is 0 Å². The number of benzene rings is 1. The largest absolute Gasteiger partial charge is 0.379 e. The third-order valence-corrected chi connectivity index (χ3v) is 7.30. The Labute approximate surface area is 202 Å². The van der Waals surface area contributed by atoms with Crippen molar-refractivity contribution in [3.63, 3.8) is 0 Å². The molecule has 33 heavy (non-hydrogen) atoms. The second-order valence-electron chi connectivity index (χ2n) is 7.71. The lowest BCUT2D eigenvalue weighted by Crippen LogP contribution is -2.47. The number of sulfonamides is 1. The zero-order valence-electron chi connectivity index (χ0n) is 18.1. The van der Waals surface area contributed by atoms with Gasteiger partial charge in [-0.2, -0.15) is 0 Å². The van der Waals surface area contributed by atoms with Crippen molar-refractivity contribution in [1.29, 1.82) is 0 Å². The maximum absolute atomic E-state index is 14.9. The van der Waals surface area contributed by atoms with Gasteiger partial charge in [0.25, 0.3) is 10.0 Å². The lowest BCUT2D eigenvalue weighted by molar-refractivity contribution is 0.248. The molecule has 7 nitrogen and oxygen atoms in total. The highest BCUT2D eigenvalue weighted by Gasteiger charge is 2.29.